The molecule has 2 rings (SSSR count). The van der Waals surface area contributed by atoms with E-state index < -0.39 is 5.82 Å². The van der Waals surface area contributed by atoms with E-state index >= 15 is 0 Å². The summed E-state index contributed by atoms with van der Waals surface area (Å²) < 4.78 is 22.3. The molecule has 0 saturated heterocycles. The highest BCUT2D eigenvalue weighted by Gasteiger charge is 2.15. The first kappa shape index (κ1) is 16.3. The van der Waals surface area contributed by atoms with Gasteiger partial charge in [0, 0.05) is 12.6 Å². The Labute approximate surface area is 139 Å². The minimum absolute atomic E-state index is 0.271. The van der Waals surface area contributed by atoms with Crippen LogP contribution in [0.4, 0.5) is 10.1 Å². The number of anilines is 1. The molecule has 0 aliphatic heterocycles. The molecule has 0 saturated carbocycles. The number of nitrogens with zero attached hydrogens (tertiary/aromatic N) is 2. The van der Waals surface area contributed by atoms with Crippen LogP contribution in [-0.2, 0) is 19.6 Å². The van der Waals surface area contributed by atoms with Gasteiger partial charge in [0.2, 0.25) is 0 Å². The summed E-state index contributed by atoms with van der Waals surface area (Å²) in [5, 5.41) is 4.49. The predicted molar refractivity (Wildman–Crippen MR) is 87.8 cm³/mol. The first-order chi connectivity index (χ1) is 9.97. The van der Waals surface area contributed by atoms with Crippen LogP contribution in [0.3, 0.4) is 0 Å². The van der Waals surface area contributed by atoms with Gasteiger partial charge in [-0.2, -0.15) is 5.10 Å². The summed E-state index contributed by atoms with van der Waals surface area (Å²) in [6.45, 7) is 5.06. The van der Waals surface area contributed by atoms with E-state index in [9.17, 15) is 4.39 Å². The lowest BCUT2D eigenvalue weighted by Crippen LogP contribution is -2.07. The molecule has 0 aliphatic rings. The zero-order chi connectivity index (χ0) is 15.6. The molecule has 0 amide bonds. The highest BCUT2D eigenvalue weighted by Crippen LogP contribution is 2.30. The van der Waals surface area contributed by atoms with Gasteiger partial charge in [-0.15, -0.1) is 0 Å². The van der Waals surface area contributed by atoms with Gasteiger partial charge in [-0.05, 0) is 51.3 Å². The van der Waals surface area contributed by atoms with Gasteiger partial charge in [0.1, 0.15) is 18.2 Å². The summed E-state index contributed by atoms with van der Waals surface area (Å²) in [5.41, 5.74) is 8.12. The van der Waals surface area contributed by atoms with Crippen LogP contribution in [0.15, 0.2) is 21.1 Å². The zero-order valence-electron chi connectivity index (χ0n) is 11.8. The quantitative estimate of drug-likeness (QED) is 0.734. The van der Waals surface area contributed by atoms with E-state index in [2.05, 4.69) is 37.0 Å². The number of halogens is 3. The smallest absolute Gasteiger partial charge is 0.145 e. The number of nitrogens with two attached hydrogens (primary N) is 1. The minimum Gasteiger partial charge on any atom is -0.485 e. The number of ether oxygens (including phenoxy) is 1. The van der Waals surface area contributed by atoms with Crippen molar-refractivity contribution < 1.29 is 9.13 Å². The molecular formula is C14H16Br2FN3O. The maximum Gasteiger partial charge on any atom is 0.145 e. The summed E-state index contributed by atoms with van der Waals surface area (Å²) in [4.78, 5) is 0. The van der Waals surface area contributed by atoms with E-state index in [0.29, 0.717) is 15.9 Å². The molecule has 21 heavy (non-hydrogen) atoms. The molecule has 0 bridgehead atoms. The molecule has 0 spiro atoms. The Kier molecular flexibility index (Phi) is 5.27. The summed E-state index contributed by atoms with van der Waals surface area (Å²) in [6, 6.07) is 2.77. The van der Waals surface area contributed by atoms with Crippen LogP contribution in [0.5, 0.6) is 5.75 Å². The van der Waals surface area contributed by atoms with Gasteiger partial charge in [0.25, 0.3) is 0 Å². The second-order valence-electron chi connectivity index (χ2n) is 4.47. The maximum absolute atomic E-state index is 13.6. The molecule has 7 heteroatoms. The Bertz CT molecular complexity index is 658. The molecular weight excluding hydrogens is 405 g/mol. The van der Waals surface area contributed by atoms with E-state index in [4.69, 9.17) is 10.5 Å². The molecule has 0 atom stereocenters. The summed E-state index contributed by atoms with van der Waals surface area (Å²) in [6.07, 6.45) is 0.829. The Hall–Kier alpha value is -1.08. The molecule has 1 aromatic heterocycles. The van der Waals surface area contributed by atoms with Crippen LogP contribution in [-0.4, -0.2) is 9.78 Å². The van der Waals surface area contributed by atoms with Gasteiger partial charge in [-0.3, -0.25) is 4.68 Å². The number of aryl methyl sites for hydroxylation is 2. The number of hydrogen-bond donors (Lipinski definition) is 1. The molecule has 0 fully saturated rings. The van der Waals surface area contributed by atoms with E-state index in [1.165, 1.54) is 12.1 Å². The fourth-order valence-electron chi connectivity index (χ4n) is 1.97. The largest absolute Gasteiger partial charge is 0.485 e. The van der Waals surface area contributed by atoms with E-state index in [1.54, 1.807) is 0 Å². The molecule has 0 aliphatic carbocycles. The van der Waals surface area contributed by atoms with Crippen molar-refractivity contribution in [3.63, 3.8) is 0 Å². The topological polar surface area (TPSA) is 53.1 Å². The van der Waals surface area contributed by atoms with E-state index in [0.717, 1.165) is 28.8 Å². The SMILES string of the molecule is CCc1nn(CC)c(COc2cc(F)c(Br)cc2N)c1Br. The molecule has 1 aromatic carbocycles. The number of rotatable bonds is 5. The number of hydrogen-bond acceptors (Lipinski definition) is 3. The van der Waals surface area contributed by atoms with E-state index in [1.807, 2.05) is 18.5 Å². The van der Waals surface area contributed by atoms with Crippen molar-refractivity contribution in [3.8, 4) is 5.75 Å². The fraction of sp³-hybridized carbons (Fsp3) is 0.357. The van der Waals surface area contributed by atoms with Gasteiger partial charge in [-0.1, -0.05) is 6.92 Å². The van der Waals surface area contributed by atoms with Crippen molar-refractivity contribution in [1.82, 2.24) is 9.78 Å². The lowest BCUT2D eigenvalue weighted by atomic mass is 10.3. The molecule has 114 valence electrons. The third kappa shape index (κ3) is 3.40. The minimum atomic E-state index is -0.406. The fourth-order valence-corrected chi connectivity index (χ4v) is 3.01. The molecule has 4 nitrogen and oxygen atoms in total. The number of aromatic nitrogens is 2. The van der Waals surface area contributed by atoms with Crippen molar-refractivity contribution >= 4 is 37.5 Å². The highest BCUT2D eigenvalue weighted by atomic mass is 79.9. The van der Waals surface area contributed by atoms with Gasteiger partial charge in [-0.25, -0.2) is 4.39 Å². The number of nitrogen functional groups attached to an aromatic ring is 1. The van der Waals surface area contributed by atoms with Crippen molar-refractivity contribution in [2.75, 3.05) is 5.73 Å². The van der Waals surface area contributed by atoms with Gasteiger partial charge >= 0.3 is 0 Å². The van der Waals surface area contributed by atoms with Crippen molar-refractivity contribution in [3.05, 3.63) is 38.3 Å². The van der Waals surface area contributed by atoms with Crippen molar-refractivity contribution in [2.24, 2.45) is 0 Å². The molecule has 0 radical (unpaired) electrons. The lowest BCUT2D eigenvalue weighted by Gasteiger charge is -2.11. The second kappa shape index (κ2) is 6.79. The molecule has 1 heterocycles. The van der Waals surface area contributed by atoms with Crippen LogP contribution in [0.1, 0.15) is 25.2 Å². The molecule has 2 aromatic rings. The average Bonchev–Trinajstić information content (AvgIpc) is 2.77. The summed E-state index contributed by atoms with van der Waals surface area (Å²) in [5.74, 6) is -0.0824. The standard InChI is InChI=1S/C14H16Br2FN3O/c1-3-11-14(16)12(20(4-2)19-11)7-21-13-6-9(17)8(15)5-10(13)18/h5-6H,3-4,7,18H2,1-2H3. The monoisotopic (exact) mass is 419 g/mol. The lowest BCUT2D eigenvalue weighted by molar-refractivity contribution is 0.292. The van der Waals surface area contributed by atoms with Gasteiger partial charge in [0.15, 0.2) is 0 Å². The van der Waals surface area contributed by atoms with Gasteiger partial charge in [0.05, 0.1) is 26.0 Å². The highest BCUT2D eigenvalue weighted by molar-refractivity contribution is 9.10. The Balaban J connectivity index is 2.24. The van der Waals surface area contributed by atoms with Crippen LogP contribution in [0.25, 0.3) is 0 Å². The molecule has 2 N–H and O–H groups in total. The Morgan fingerprint density at radius 3 is 2.67 bits per heavy atom. The summed E-state index contributed by atoms with van der Waals surface area (Å²) >= 11 is 6.64. The van der Waals surface area contributed by atoms with Crippen LogP contribution >= 0.6 is 31.9 Å². The van der Waals surface area contributed by atoms with Crippen molar-refractivity contribution in [2.45, 2.75) is 33.4 Å². The molecule has 0 unspecified atom stereocenters. The third-order valence-corrected chi connectivity index (χ3v) is 4.63. The zero-order valence-corrected chi connectivity index (χ0v) is 15.0. The van der Waals surface area contributed by atoms with Crippen LogP contribution in [0, 0.1) is 5.82 Å². The Morgan fingerprint density at radius 2 is 2.05 bits per heavy atom. The van der Waals surface area contributed by atoms with Crippen molar-refractivity contribution in [1.29, 1.82) is 0 Å². The first-order valence-corrected chi connectivity index (χ1v) is 8.17. The second-order valence-corrected chi connectivity index (χ2v) is 6.12. The van der Waals surface area contributed by atoms with Crippen LogP contribution in [0.2, 0.25) is 0 Å². The third-order valence-electron chi connectivity index (χ3n) is 3.11. The normalized spacial score (nSPS) is 10.9. The number of benzene rings is 1. The predicted octanol–water partition coefficient (Wildman–Crippen LogP) is 4.29. The Morgan fingerprint density at radius 1 is 1.33 bits per heavy atom. The maximum atomic E-state index is 13.6. The van der Waals surface area contributed by atoms with Crippen LogP contribution < -0.4 is 10.5 Å². The first-order valence-electron chi connectivity index (χ1n) is 6.59. The summed E-state index contributed by atoms with van der Waals surface area (Å²) in [7, 11) is 0. The average molecular weight is 421 g/mol. The van der Waals surface area contributed by atoms with Gasteiger partial charge < -0.3 is 10.5 Å². The van der Waals surface area contributed by atoms with E-state index in [-0.39, 0.29) is 6.61 Å².